The van der Waals surface area contributed by atoms with E-state index in [1.54, 1.807) is 19.9 Å². The van der Waals surface area contributed by atoms with Crippen LogP contribution in [0.15, 0.2) is 23.8 Å². The fraction of sp³-hybridized carbons (Fsp3) is 0.200. The first-order valence-electron chi connectivity index (χ1n) is 8.24. The lowest BCUT2D eigenvalue weighted by Crippen LogP contribution is -2.23. The molecule has 0 spiro atoms. The van der Waals surface area contributed by atoms with E-state index >= 15 is 0 Å². The molecule has 2 aromatic carbocycles. The monoisotopic (exact) mass is 369 g/mol. The van der Waals surface area contributed by atoms with Crippen LogP contribution in [0.4, 0.5) is 5.69 Å². The third-order valence-corrected chi connectivity index (χ3v) is 4.73. The Balaban J connectivity index is 1.97. The Kier molecular flexibility index (Phi) is 4.53. The Bertz CT molecular complexity index is 1010. The van der Waals surface area contributed by atoms with Gasteiger partial charge >= 0.3 is 5.97 Å². The van der Waals surface area contributed by atoms with Crippen molar-refractivity contribution in [3.05, 3.63) is 51.6 Å². The van der Waals surface area contributed by atoms with E-state index in [4.69, 9.17) is 4.74 Å². The van der Waals surface area contributed by atoms with Crippen molar-refractivity contribution in [2.75, 3.05) is 11.9 Å². The third-order valence-electron chi connectivity index (χ3n) is 4.73. The Hall–Kier alpha value is -3.48. The molecule has 4 N–H and O–H groups in total. The summed E-state index contributed by atoms with van der Waals surface area (Å²) in [6.45, 7) is 5.39. The van der Waals surface area contributed by atoms with E-state index < -0.39 is 11.9 Å². The zero-order valence-corrected chi connectivity index (χ0v) is 15.1. The Morgan fingerprint density at radius 3 is 2.44 bits per heavy atom. The van der Waals surface area contributed by atoms with Gasteiger partial charge in [0.15, 0.2) is 0 Å². The molecule has 0 saturated heterocycles. The number of nitrogens with one attached hydrogen (secondary N) is 1. The van der Waals surface area contributed by atoms with E-state index in [-0.39, 0.29) is 34.9 Å². The van der Waals surface area contributed by atoms with Crippen LogP contribution in [0.5, 0.6) is 17.2 Å². The lowest BCUT2D eigenvalue weighted by Gasteiger charge is -2.23. The van der Waals surface area contributed by atoms with Crippen LogP contribution in [0.2, 0.25) is 0 Å². The standard InChI is InChI=1S/C20H19NO6/c1-9-10(2)18-14(11(3)17(9)23)6-12(8-27-18)19(24)21-16-5-4-13(22)7-15(16)20(25)26/h4-7,22-23H,8H2,1-3H3,(H,21,24)(H,25,26). The van der Waals surface area contributed by atoms with Crippen molar-refractivity contribution < 1.29 is 29.6 Å². The smallest absolute Gasteiger partial charge is 0.337 e. The summed E-state index contributed by atoms with van der Waals surface area (Å²) in [4.78, 5) is 23.9. The number of hydrogen-bond donors (Lipinski definition) is 4. The van der Waals surface area contributed by atoms with Crippen molar-refractivity contribution in [3.8, 4) is 17.2 Å². The molecule has 1 aliphatic heterocycles. The molecule has 7 nitrogen and oxygen atoms in total. The number of ether oxygens (including phenoxy) is 1. The van der Waals surface area contributed by atoms with Gasteiger partial charge in [0.25, 0.3) is 5.91 Å². The van der Waals surface area contributed by atoms with Gasteiger partial charge in [-0.05, 0) is 56.2 Å². The van der Waals surface area contributed by atoms with Gasteiger partial charge in [-0.1, -0.05) is 0 Å². The average Bonchev–Trinajstić information content (AvgIpc) is 2.65. The number of fused-ring (bicyclic) bond motifs is 1. The highest BCUT2D eigenvalue weighted by molar-refractivity contribution is 6.10. The quantitative estimate of drug-likeness (QED) is 0.618. The maximum Gasteiger partial charge on any atom is 0.337 e. The molecule has 0 fully saturated rings. The molecule has 1 heterocycles. The van der Waals surface area contributed by atoms with Crippen LogP contribution < -0.4 is 10.1 Å². The van der Waals surface area contributed by atoms with Crippen LogP contribution in [-0.4, -0.2) is 33.8 Å². The molecule has 0 saturated carbocycles. The summed E-state index contributed by atoms with van der Waals surface area (Å²) < 4.78 is 5.74. The molecule has 2 aromatic rings. The SMILES string of the molecule is Cc1c(C)c2c(c(C)c1O)C=C(C(=O)Nc1ccc(O)cc1C(=O)O)CO2. The molecular weight excluding hydrogens is 350 g/mol. The molecule has 7 heteroatoms. The minimum Gasteiger partial charge on any atom is -0.508 e. The van der Waals surface area contributed by atoms with Gasteiger partial charge in [0.05, 0.1) is 16.8 Å². The molecule has 0 radical (unpaired) electrons. The van der Waals surface area contributed by atoms with Crippen molar-refractivity contribution in [2.24, 2.45) is 0 Å². The molecular formula is C20H19NO6. The van der Waals surface area contributed by atoms with Gasteiger partial charge in [0, 0.05) is 11.1 Å². The van der Waals surface area contributed by atoms with Crippen molar-refractivity contribution in [1.29, 1.82) is 0 Å². The first-order chi connectivity index (χ1) is 12.7. The minimum atomic E-state index is -1.27. The molecule has 27 heavy (non-hydrogen) atoms. The lowest BCUT2D eigenvalue weighted by molar-refractivity contribution is -0.113. The first-order valence-corrected chi connectivity index (χ1v) is 8.24. The van der Waals surface area contributed by atoms with Gasteiger partial charge in [0.2, 0.25) is 0 Å². The molecule has 1 amide bonds. The van der Waals surface area contributed by atoms with E-state index in [0.29, 0.717) is 16.9 Å². The number of phenolic OH excluding ortho intramolecular Hbond substituents is 2. The normalized spacial score (nSPS) is 12.6. The second-order valence-corrected chi connectivity index (χ2v) is 6.41. The van der Waals surface area contributed by atoms with Gasteiger partial charge in [-0.25, -0.2) is 4.79 Å². The number of carboxylic acid groups (broad SMARTS) is 1. The number of phenols is 2. The Morgan fingerprint density at radius 2 is 1.78 bits per heavy atom. The zero-order chi connectivity index (χ0) is 19.9. The van der Waals surface area contributed by atoms with Gasteiger partial charge in [-0.2, -0.15) is 0 Å². The summed E-state index contributed by atoms with van der Waals surface area (Å²) in [5, 5.41) is 31.5. The van der Waals surface area contributed by atoms with E-state index in [0.717, 1.165) is 17.2 Å². The van der Waals surface area contributed by atoms with Gasteiger partial charge in [-0.3, -0.25) is 4.79 Å². The number of benzene rings is 2. The van der Waals surface area contributed by atoms with Crippen molar-refractivity contribution in [3.63, 3.8) is 0 Å². The maximum atomic E-state index is 12.6. The van der Waals surface area contributed by atoms with E-state index in [1.807, 2.05) is 6.92 Å². The molecule has 1 aliphatic rings. The molecule has 0 aliphatic carbocycles. The van der Waals surface area contributed by atoms with Crippen LogP contribution in [0.1, 0.15) is 32.6 Å². The number of aromatic hydroxyl groups is 2. The van der Waals surface area contributed by atoms with Crippen LogP contribution in [0, 0.1) is 20.8 Å². The molecule has 0 aromatic heterocycles. The number of rotatable bonds is 3. The van der Waals surface area contributed by atoms with Crippen LogP contribution in [-0.2, 0) is 4.79 Å². The molecule has 0 unspecified atom stereocenters. The number of carbonyl (C=O) groups excluding carboxylic acids is 1. The lowest BCUT2D eigenvalue weighted by atomic mass is 9.94. The molecule has 3 rings (SSSR count). The third kappa shape index (κ3) is 3.19. The summed E-state index contributed by atoms with van der Waals surface area (Å²) >= 11 is 0. The van der Waals surface area contributed by atoms with E-state index in [1.165, 1.54) is 12.1 Å². The van der Waals surface area contributed by atoms with Crippen LogP contribution in [0.3, 0.4) is 0 Å². The predicted octanol–water partition coefficient (Wildman–Crippen LogP) is 3.14. The predicted molar refractivity (Wildman–Crippen MR) is 99.5 cm³/mol. The maximum absolute atomic E-state index is 12.6. The first kappa shape index (κ1) is 18.3. The summed E-state index contributed by atoms with van der Waals surface area (Å²) in [5.74, 6) is -1.23. The number of carboxylic acids is 1. The summed E-state index contributed by atoms with van der Waals surface area (Å²) in [6, 6.07) is 3.67. The second kappa shape index (κ2) is 6.68. The molecule has 140 valence electrons. The van der Waals surface area contributed by atoms with E-state index in [2.05, 4.69) is 5.32 Å². The fourth-order valence-electron chi connectivity index (χ4n) is 3.01. The van der Waals surface area contributed by atoms with Gasteiger partial charge < -0.3 is 25.4 Å². The van der Waals surface area contributed by atoms with Crippen molar-refractivity contribution in [1.82, 2.24) is 0 Å². The number of aromatic carboxylic acids is 1. The summed E-state index contributed by atoms with van der Waals surface area (Å²) in [7, 11) is 0. The minimum absolute atomic E-state index is 0.0177. The zero-order valence-electron chi connectivity index (χ0n) is 15.1. The van der Waals surface area contributed by atoms with E-state index in [9.17, 15) is 24.9 Å². The van der Waals surface area contributed by atoms with Crippen molar-refractivity contribution in [2.45, 2.75) is 20.8 Å². The Labute approximate surface area is 155 Å². The number of amides is 1. The summed E-state index contributed by atoms with van der Waals surface area (Å²) in [5.41, 5.74) is 2.89. The fourth-order valence-corrected chi connectivity index (χ4v) is 3.01. The largest absolute Gasteiger partial charge is 0.508 e. The highest BCUT2D eigenvalue weighted by Crippen LogP contribution is 2.40. The summed E-state index contributed by atoms with van der Waals surface area (Å²) in [6.07, 6.45) is 1.64. The van der Waals surface area contributed by atoms with Crippen LogP contribution in [0.25, 0.3) is 6.08 Å². The van der Waals surface area contributed by atoms with Crippen LogP contribution >= 0.6 is 0 Å². The number of anilines is 1. The Morgan fingerprint density at radius 1 is 1.07 bits per heavy atom. The average molecular weight is 369 g/mol. The highest BCUT2D eigenvalue weighted by Gasteiger charge is 2.24. The van der Waals surface area contributed by atoms with Gasteiger partial charge in [-0.15, -0.1) is 0 Å². The molecule has 0 bridgehead atoms. The second-order valence-electron chi connectivity index (χ2n) is 6.41. The highest BCUT2D eigenvalue weighted by atomic mass is 16.5. The van der Waals surface area contributed by atoms with Gasteiger partial charge in [0.1, 0.15) is 23.9 Å². The molecule has 0 atom stereocenters. The van der Waals surface area contributed by atoms with Crippen molar-refractivity contribution >= 4 is 23.6 Å². The number of carbonyl (C=O) groups is 2. The number of hydrogen-bond acceptors (Lipinski definition) is 5. The topological polar surface area (TPSA) is 116 Å².